The van der Waals surface area contributed by atoms with Gasteiger partial charge in [-0.3, -0.25) is 9.59 Å². The fourth-order valence-electron chi connectivity index (χ4n) is 3.56. The van der Waals surface area contributed by atoms with Crippen molar-refractivity contribution in [2.45, 2.75) is 39.5 Å². The Hall–Kier alpha value is -1.45. The standard InChI is InChI=1S/C20H24ClFNO3P/c1-4-27-20(11(2)3)26-17-10-16(15(22)9-14(17)21)23-18(24)12-7-5-6-8-13(12)19(23)25/h5,7,9-13,20,27H,4,6,8H2,1-3H3. The molecule has 3 rings (SSSR count). The van der Waals surface area contributed by atoms with Gasteiger partial charge in [0.1, 0.15) is 17.4 Å². The van der Waals surface area contributed by atoms with Crippen LogP contribution in [0, 0.1) is 23.6 Å². The first-order chi connectivity index (χ1) is 12.8. The summed E-state index contributed by atoms with van der Waals surface area (Å²) in [5.41, 5.74) is -0.0745. The molecular weight excluding hydrogens is 388 g/mol. The number of fused-ring (bicyclic) bond motifs is 1. The van der Waals surface area contributed by atoms with E-state index >= 15 is 0 Å². The number of benzene rings is 1. The molecule has 1 aromatic rings. The number of nitrogens with zero attached hydrogens (tertiary/aromatic N) is 1. The number of carbonyl (C=O) groups is 2. The zero-order chi connectivity index (χ0) is 19.7. The molecule has 1 aliphatic heterocycles. The van der Waals surface area contributed by atoms with Crippen LogP contribution in [-0.2, 0) is 9.59 Å². The third-order valence-corrected chi connectivity index (χ3v) is 6.86. The van der Waals surface area contributed by atoms with Crippen LogP contribution >= 0.6 is 20.2 Å². The number of hydrogen-bond donors (Lipinski definition) is 0. The van der Waals surface area contributed by atoms with Gasteiger partial charge in [0.2, 0.25) is 11.8 Å². The molecule has 0 N–H and O–H groups in total. The minimum Gasteiger partial charge on any atom is -0.484 e. The maximum Gasteiger partial charge on any atom is 0.241 e. The smallest absolute Gasteiger partial charge is 0.241 e. The molecular formula is C20H24ClFNO3P. The second-order valence-electron chi connectivity index (χ2n) is 7.22. The number of rotatable bonds is 6. The van der Waals surface area contributed by atoms with Crippen molar-refractivity contribution in [1.82, 2.24) is 0 Å². The lowest BCUT2D eigenvalue weighted by Gasteiger charge is -2.24. The lowest BCUT2D eigenvalue weighted by Crippen LogP contribution is -2.31. The highest BCUT2D eigenvalue weighted by Gasteiger charge is 2.48. The van der Waals surface area contributed by atoms with E-state index in [-0.39, 0.29) is 34.3 Å². The van der Waals surface area contributed by atoms with E-state index in [1.807, 2.05) is 6.08 Å². The van der Waals surface area contributed by atoms with Gasteiger partial charge in [-0.2, -0.15) is 0 Å². The molecule has 1 fully saturated rings. The Kier molecular flexibility index (Phi) is 6.22. The first-order valence-corrected chi connectivity index (χ1v) is 10.9. The quantitative estimate of drug-likeness (QED) is 0.376. The van der Waals surface area contributed by atoms with Gasteiger partial charge in [0.05, 0.1) is 22.5 Å². The number of amides is 2. The normalized spacial score (nSPS) is 23.6. The molecule has 0 bridgehead atoms. The highest BCUT2D eigenvalue weighted by molar-refractivity contribution is 7.38. The van der Waals surface area contributed by atoms with Crippen molar-refractivity contribution in [3.8, 4) is 5.75 Å². The van der Waals surface area contributed by atoms with Gasteiger partial charge in [-0.15, -0.1) is 0 Å². The van der Waals surface area contributed by atoms with Crippen molar-refractivity contribution in [2.24, 2.45) is 17.8 Å². The average molecular weight is 412 g/mol. The zero-order valence-electron chi connectivity index (χ0n) is 15.7. The van der Waals surface area contributed by atoms with E-state index in [2.05, 4.69) is 20.8 Å². The van der Waals surface area contributed by atoms with Crippen LogP contribution in [0.4, 0.5) is 10.1 Å². The molecule has 1 aliphatic carbocycles. The zero-order valence-corrected chi connectivity index (χ0v) is 17.4. The molecule has 0 radical (unpaired) electrons. The van der Waals surface area contributed by atoms with E-state index in [4.69, 9.17) is 16.3 Å². The highest BCUT2D eigenvalue weighted by Crippen LogP contribution is 2.41. The van der Waals surface area contributed by atoms with Crippen molar-refractivity contribution in [2.75, 3.05) is 11.1 Å². The van der Waals surface area contributed by atoms with Crippen molar-refractivity contribution in [3.63, 3.8) is 0 Å². The van der Waals surface area contributed by atoms with Crippen LogP contribution in [0.25, 0.3) is 0 Å². The Labute approximate surface area is 165 Å². The summed E-state index contributed by atoms with van der Waals surface area (Å²) >= 11 is 6.19. The average Bonchev–Trinajstić information content (AvgIpc) is 2.88. The summed E-state index contributed by atoms with van der Waals surface area (Å²) in [5, 5.41) is 0.138. The second kappa shape index (κ2) is 8.28. The molecule has 4 unspecified atom stereocenters. The SMILES string of the molecule is CCPC(Oc1cc(N2C(=O)C3C=CCCC3C2=O)c(F)cc1Cl)C(C)C. The van der Waals surface area contributed by atoms with Crippen LogP contribution in [-0.4, -0.2) is 23.8 Å². The fourth-order valence-corrected chi connectivity index (χ4v) is 4.84. The van der Waals surface area contributed by atoms with E-state index in [1.165, 1.54) is 6.07 Å². The van der Waals surface area contributed by atoms with Crippen LogP contribution in [0.1, 0.15) is 33.6 Å². The molecule has 4 atom stereocenters. The van der Waals surface area contributed by atoms with Gasteiger partial charge >= 0.3 is 0 Å². The molecule has 0 spiro atoms. The van der Waals surface area contributed by atoms with Crippen molar-refractivity contribution in [1.29, 1.82) is 0 Å². The predicted molar refractivity (Wildman–Crippen MR) is 107 cm³/mol. The molecule has 2 amide bonds. The van der Waals surface area contributed by atoms with Gasteiger partial charge < -0.3 is 4.74 Å². The molecule has 1 aromatic carbocycles. The van der Waals surface area contributed by atoms with Gasteiger partial charge in [-0.05, 0) is 31.0 Å². The minimum atomic E-state index is -0.698. The molecule has 146 valence electrons. The Morgan fingerprint density at radius 3 is 2.70 bits per heavy atom. The topological polar surface area (TPSA) is 46.6 Å². The summed E-state index contributed by atoms with van der Waals surface area (Å²) in [5.74, 6) is -1.84. The number of halogens is 2. The maximum absolute atomic E-state index is 14.6. The van der Waals surface area contributed by atoms with E-state index in [1.54, 1.807) is 6.08 Å². The lowest BCUT2D eigenvalue weighted by atomic mass is 9.86. The van der Waals surface area contributed by atoms with Crippen LogP contribution in [0.15, 0.2) is 24.3 Å². The lowest BCUT2D eigenvalue weighted by molar-refractivity contribution is -0.122. The van der Waals surface area contributed by atoms with Crippen molar-refractivity contribution in [3.05, 3.63) is 35.1 Å². The first-order valence-electron chi connectivity index (χ1n) is 9.28. The number of ether oxygens (including phenoxy) is 1. The molecule has 7 heteroatoms. The largest absolute Gasteiger partial charge is 0.484 e. The number of allylic oxidation sites excluding steroid dienone is 1. The molecule has 0 saturated carbocycles. The van der Waals surface area contributed by atoms with E-state index in [0.717, 1.165) is 23.5 Å². The van der Waals surface area contributed by atoms with Crippen LogP contribution in [0.5, 0.6) is 5.75 Å². The van der Waals surface area contributed by atoms with Crippen LogP contribution in [0.2, 0.25) is 5.02 Å². The number of anilines is 1. The van der Waals surface area contributed by atoms with Gasteiger partial charge in [0, 0.05) is 6.07 Å². The van der Waals surface area contributed by atoms with E-state index < -0.39 is 17.7 Å². The summed E-state index contributed by atoms with van der Waals surface area (Å²) in [6.07, 6.45) is 5.99. The number of imide groups is 1. The Balaban J connectivity index is 1.95. The summed E-state index contributed by atoms with van der Waals surface area (Å²) in [6.45, 7) is 6.18. The molecule has 1 heterocycles. The molecule has 4 nitrogen and oxygen atoms in total. The van der Waals surface area contributed by atoms with E-state index in [9.17, 15) is 14.0 Å². The van der Waals surface area contributed by atoms with E-state index in [0.29, 0.717) is 20.8 Å². The molecule has 1 saturated heterocycles. The Morgan fingerprint density at radius 1 is 1.33 bits per heavy atom. The third kappa shape index (κ3) is 3.90. The third-order valence-electron chi connectivity index (χ3n) is 4.97. The Bertz CT molecular complexity index is 783. The molecule has 2 aliphatic rings. The fraction of sp³-hybridized carbons (Fsp3) is 0.500. The summed E-state index contributed by atoms with van der Waals surface area (Å²) in [6, 6.07) is 2.51. The second-order valence-corrected chi connectivity index (χ2v) is 9.32. The number of carbonyl (C=O) groups excluding carboxylic acids is 2. The van der Waals surface area contributed by atoms with Gasteiger partial charge in [-0.1, -0.05) is 53.1 Å². The predicted octanol–water partition coefficient (Wildman–Crippen LogP) is 4.99. The maximum atomic E-state index is 14.6. The Morgan fingerprint density at radius 2 is 2.07 bits per heavy atom. The van der Waals surface area contributed by atoms with Crippen LogP contribution < -0.4 is 9.64 Å². The molecule has 27 heavy (non-hydrogen) atoms. The monoisotopic (exact) mass is 411 g/mol. The number of hydrogen-bond acceptors (Lipinski definition) is 3. The van der Waals surface area contributed by atoms with Gasteiger partial charge in [0.15, 0.2) is 0 Å². The summed E-state index contributed by atoms with van der Waals surface area (Å²) in [7, 11) is 0.569. The minimum absolute atomic E-state index is 0.0543. The van der Waals surface area contributed by atoms with Gasteiger partial charge in [0.25, 0.3) is 0 Å². The van der Waals surface area contributed by atoms with Crippen LogP contribution in [0.3, 0.4) is 0 Å². The van der Waals surface area contributed by atoms with Crippen molar-refractivity contribution >= 4 is 37.7 Å². The first kappa shape index (κ1) is 20.3. The molecule has 0 aromatic heterocycles. The highest BCUT2D eigenvalue weighted by atomic mass is 35.5. The summed E-state index contributed by atoms with van der Waals surface area (Å²) in [4.78, 5) is 26.5. The van der Waals surface area contributed by atoms with Crippen molar-refractivity contribution < 1.29 is 18.7 Å². The van der Waals surface area contributed by atoms with Gasteiger partial charge in [-0.25, -0.2) is 9.29 Å². The summed E-state index contributed by atoms with van der Waals surface area (Å²) < 4.78 is 20.7.